The molecule has 2 rings (SSSR count). The van der Waals surface area contributed by atoms with Gasteiger partial charge in [-0.3, -0.25) is 4.79 Å². The molecular formula is C17H21BrN2O2. The van der Waals surface area contributed by atoms with Gasteiger partial charge in [-0.2, -0.15) is 5.10 Å². The van der Waals surface area contributed by atoms with Gasteiger partial charge >= 0.3 is 0 Å². The first-order valence-corrected chi connectivity index (χ1v) is 8.20. The van der Waals surface area contributed by atoms with Crippen LogP contribution in [0.1, 0.15) is 40.7 Å². The van der Waals surface area contributed by atoms with Gasteiger partial charge in [0.25, 0.3) is 5.91 Å². The Morgan fingerprint density at radius 3 is 2.68 bits per heavy atom. The van der Waals surface area contributed by atoms with Crippen molar-refractivity contribution in [2.24, 2.45) is 0 Å². The molecular weight excluding hydrogens is 344 g/mol. The molecule has 0 unspecified atom stereocenters. The van der Waals surface area contributed by atoms with Crippen LogP contribution >= 0.6 is 15.9 Å². The molecule has 0 aliphatic carbocycles. The second kappa shape index (κ2) is 7.09. The molecule has 4 nitrogen and oxygen atoms in total. The zero-order chi connectivity index (χ0) is 16.3. The van der Waals surface area contributed by atoms with Crippen molar-refractivity contribution in [1.29, 1.82) is 0 Å². The van der Waals surface area contributed by atoms with Crippen molar-refractivity contribution in [3.8, 4) is 5.75 Å². The van der Waals surface area contributed by atoms with Crippen LogP contribution in [-0.2, 0) is 6.42 Å². The fourth-order valence-electron chi connectivity index (χ4n) is 2.51. The van der Waals surface area contributed by atoms with E-state index in [2.05, 4.69) is 28.0 Å². The second-order valence-corrected chi connectivity index (χ2v) is 6.32. The number of hydrogen-bond acceptors (Lipinski definition) is 3. The fourth-order valence-corrected chi connectivity index (χ4v) is 2.98. The first kappa shape index (κ1) is 16.7. The third kappa shape index (κ3) is 3.58. The van der Waals surface area contributed by atoms with Crippen LogP contribution in [0.2, 0.25) is 0 Å². The summed E-state index contributed by atoms with van der Waals surface area (Å²) in [5.41, 5.74) is 3.99. The second-order valence-electron chi connectivity index (χ2n) is 5.40. The highest BCUT2D eigenvalue weighted by Gasteiger charge is 2.16. The zero-order valence-electron chi connectivity index (χ0n) is 13.4. The molecule has 0 aliphatic rings. The van der Waals surface area contributed by atoms with Gasteiger partial charge in [0.05, 0.1) is 5.69 Å². The highest BCUT2D eigenvalue weighted by atomic mass is 79.9. The molecule has 1 heterocycles. The maximum Gasteiger partial charge on any atom is 0.284 e. The normalized spacial score (nSPS) is 10.8. The van der Waals surface area contributed by atoms with Crippen LogP contribution < -0.4 is 4.74 Å². The number of aryl methyl sites for hydroxylation is 2. The van der Waals surface area contributed by atoms with Crippen LogP contribution in [0.3, 0.4) is 0 Å². The molecule has 0 aliphatic heterocycles. The van der Waals surface area contributed by atoms with Crippen molar-refractivity contribution < 1.29 is 9.53 Å². The average Bonchev–Trinajstić information content (AvgIpc) is 2.74. The molecule has 0 bridgehead atoms. The fraction of sp³-hybridized carbons (Fsp3) is 0.412. The number of nitrogens with zero attached hydrogens (tertiary/aromatic N) is 2. The maximum atomic E-state index is 12.4. The van der Waals surface area contributed by atoms with E-state index in [9.17, 15) is 4.79 Å². The van der Waals surface area contributed by atoms with Gasteiger partial charge in [-0.15, -0.1) is 0 Å². The van der Waals surface area contributed by atoms with Gasteiger partial charge in [0, 0.05) is 10.2 Å². The number of hydrogen-bond donors (Lipinski definition) is 0. The van der Waals surface area contributed by atoms with E-state index < -0.39 is 0 Å². The van der Waals surface area contributed by atoms with E-state index in [1.54, 1.807) is 0 Å². The molecule has 0 radical (unpaired) electrons. The molecule has 0 fully saturated rings. The van der Waals surface area contributed by atoms with E-state index >= 15 is 0 Å². The van der Waals surface area contributed by atoms with E-state index in [1.807, 2.05) is 39.0 Å². The highest BCUT2D eigenvalue weighted by Crippen LogP contribution is 2.22. The molecule has 118 valence electrons. The number of aromatic nitrogens is 2. The van der Waals surface area contributed by atoms with Gasteiger partial charge < -0.3 is 4.74 Å². The van der Waals surface area contributed by atoms with E-state index in [4.69, 9.17) is 4.74 Å². The minimum atomic E-state index is -0.148. The number of ether oxygens (including phenoxy) is 1. The topological polar surface area (TPSA) is 44.1 Å². The van der Waals surface area contributed by atoms with Gasteiger partial charge in [-0.05, 0) is 56.5 Å². The standard InChI is InChI=1S/C17H21BrN2O2/c1-5-6-15-12(3)19-20(13(15)4)17(21)10-22-16-8-7-14(18)9-11(16)2/h7-9H,5-6,10H2,1-4H3. The van der Waals surface area contributed by atoms with Crippen molar-refractivity contribution >= 4 is 21.8 Å². The Balaban J connectivity index is 2.11. The monoisotopic (exact) mass is 364 g/mol. The summed E-state index contributed by atoms with van der Waals surface area (Å²) < 4.78 is 8.10. The van der Waals surface area contributed by atoms with Crippen molar-refractivity contribution in [2.45, 2.75) is 40.5 Å². The van der Waals surface area contributed by atoms with Crippen LogP contribution in [0.15, 0.2) is 22.7 Å². The van der Waals surface area contributed by atoms with Crippen LogP contribution in [-0.4, -0.2) is 22.3 Å². The Bertz CT molecular complexity index is 692. The number of rotatable bonds is 5. The minimum absolute atomic E-state index is 0.0179. The van der Waals surface area contributed by atoms with Crippen LogP contribution in [0.25, 0.3) is 0 Å². The number of carbonyl (C=O) groups excluding carboxylic acids is 1. The molecule has 2 aromatic rings. The van der Waals surface area contributed by atoms with Crippen LogP contribution in [0.5, 0.6) is 5.75 Å². The van der Waals surface area contributed by atoms with Crippen LogP contribution in [0, 0.1) is 20.8 Å². The molecule has 0 saturated heterocycles. The van der Waals surface area contributed by atoms with Crippen molar-refractivity contribution in [2.75, 3.05) is 6.61 Å². The molecule has 0 atom stereocenters. The van der Waals surface area contributed by atoms with Crippen LogP contribution in [0.4, 0.5) is 0 Å². The summed E-state index contributed by atoms with van der Waals surface area (Å²) in [4.78, 5) is 12.4. The van der Waals surface area contributed by atoms with Gasteiger partial charge in [-0.1, -0.05) is 29.3 Å². The third-order valence-electron chi connectivity index (χ3n) is 3.67. The summed E-state index contributed by atoms with van der Waals surface area (Å²) in [6.07, 6.45) is 1.98. The van der Waals surface area contributed by atoms with Gasteiger partial charge in [-0.25, -0.2) is 4.68 Å². The Hall–Kier alpha value is -1.62. The number of halogens is 1. The van der Waals surface area contributed by atoms with E-state index in [-0.39, 0.29) is 12.5 Å². The molecule has 22 heavy (non-hydrogen) atoms. The van der Waals surface area contributed by atoms with Crippen molar-refractivity contribution in [3.63, 3.8) is 0 Å². The predicted molar refractivity (Wildman–Crippen MR) is 90.7 cm³/mol. The molecule has 1 aromatic heterocycles. The van der Waals surface area contributed by atoms with Gasteiger partial charge in [0.15, 0.2) is 6.61 Å². The Kier molecular flexibility index (Phi) is 5.40. The lowest BCUT2D eigenvalue weighted by Crippen LogP contribution is -2.22. The summed E-state index contributed by atoms with van der Waals surface area (Å²) in [7, 11) is 0. The summed E-state index contributed by atoms with van der Waals surface area (Å²) in [6.45, 7) is 7.94. The summed E-state index contributed by atoms with van der Waals surface area (Å²) >= 11 is 3.41. The van der Waals surface area contributed by atoms with Crippen molar-refractivity contribution in [1.82, 2.24) is 9.78 Å². The molecule has 1 aromatic carbocycles. The Morgan fingerprint density at radius 2 is 2.05 bits per heavy atom. The first-order chi connectivity index (χ1) is 10.4. The summed E-state index contributed by atoms with van der Waals surface area (Å²) in [5.74, 6) is 0.567. The van der Waals surface area contributed by atoms with E-state index in [0.717, 1.165) is 39.8 Å². The Labute approximate surface area is 139 Å². The highest BCUT2D eigenvalue weighted by molar-refractivity contribution is 9.10. The average molecular weight is 365 g/mol. The minimum Gasteiger partial charge on any atom is -0.483 e. The summed E-state index contributed by atoms with van der Waals surface area (Å²) in [5, 5.41) is 4.36. The molecule has 0 N–H and O–H groups in total. The SMILES string of the molecule is CCCc1c(C)nn(C(=O)COc2ccc(Br)cc2C)c1C. The number of benzene rings is 1. The van der Waals surface area contributed by atoms with Gasteiger partial charge in [0.2, 0.25) is 0 Å². The van der Waals surface area contributed by atoms with Gasteiger partial charge in [0.1, 0.15) is 5.75 Å². The summed E-state index contributed by atoms with van der Waals surface area (Å²) in [6, 6.07) is 5.72. The maximum absolute atomic E-state index is 12.4. The lowest BCUT2D eigenvalue weighted by molar-refractivity contribution is 0.0817. The van der Waals surface area contributed by atoms with E-state index in [0.29, 0.717) is 5.75 Å². The molecule has 0 spiro atoms. The lowest BCUT2D eigenvalue weighted by Gasteiger charge is -2.09. The largest absolute Gasteiger partial charge is 0.483 e. The molecule has 5 heteroatoms. The molecule has 0 amide bonds. The third-order valence-corrected chi connectivity index (χ3v) is 4.16. The number of carbonyl (C=O) groups is 1. The quantitative estimate of drug-likeness (QED) is 0.796. The Morgan fingerprint density at radius 1 is 1.32 bits per heavy atom. The lowest BCUT2D eigenvalue weighted by atomic mass is 10.1. The van der Waals surface area contributed by atoms with E-state index in [1.165, 1.54) is 4.68 Å². The predicted octanol–water partition coefficient (Wildman–Crippen LogP) is 4.24. The molecule has 0 saturated carbocycles. The zero-order valence-corrected chi connectivity index (χ0v) is 15.0. The first-order valence-electron chi connectivity index (χ1n) is 7.41. The van der Waals surface area contributed by atoms with Crippen molar-refractivity contribution in [3.05, 3.63) is 45.2 Å². The smallest absolute Gasteiger partial charge is 0.284 e.